The zero-order valence-corrected chi connectivity index (χ0v) is 15.6. The summed E-state index contributed by atoms with van der Waals surface area (Å²) < 4.78 is 134. The molecule has 0 bridgehead atoms. The van der Waals surface area contributed by atoms with Gasteiger partial charge >= 0.3 is 33.4 Å². The van der Waals surface area contributed by atoms with Gasteiger partial charge in [0.1, 0.15) is 0 Å². The van der Waals surface area contributed by atoms with E-state index in [4.69, 9.17) is 4.55 Å². The maximum atomic E-state index is 12.2. The predicted octanol–water partition coefficient (Wildman–Crippen LogP) is 4.82. The van der Waals surface area contributed by atoms with Gasteiger partial charge in [0, 0.05) is 0 Å². The molecule has 14 heteroatoms. The summed E-state index contributed by atoms with van der Waals surface area (Å²) in [6, 6.07) is 0. The molecule has 0 rings (SSSR count). The van der Waals surface area contributed by atoms with E-state index in [0.717, 1.165) is 0 Å². The molecule has 0 aromatic rings. The van der Waals surface area contributed by atoms with Crippen LogP contribution < -0.4 is 0 Å². The number of alkyl halides is 9. The third-order valence-corrected chi connectivity index (χ3v) is 3.96. The van der Waals surface area contributed by atoms with E-state index in [1.165, 1.54) is 38.9 Å². The molecule has 0 aliphatic heterocycles. The normalized spacial score (nSPS) is 14.1. The molecule has 0 radical (unpaired) electrons. The summed E-state index contributed by atoms with van der Waals surface area (Å²) in [5.41, 5.74) is 0. The number of halogens is 9. The lowest BCUT2D eigenvalue weighted by Gasteiger charge is -2.31. The molecule has 0 atom stereocenters. The first-order chi connectivity index (χ1) is 11.8. The van der Waals surface area contributed by atoms with Crippen molar-refractivity contribution in [3.8, 4) is 0 Å². The minimum absolute atomic E-state index is 1.28. The van der Waals surface area contributed by atoms with Crippen LogP contribution in [0.1, 0.15) is 40.0 Å². The number of nitrogens with zero attached hydrogens (tertiary/aromatic N) is 1. The summed E-state index contributed by atoms with van der Waals surface area (Å²) in [6.07, 6.45) is -3.26. The van der Waals surface area contributed by atoms with E-state index < -0.39 is 33.4 Å². The molecule has 4 nitrogen and oxygen atoms in total. The van der Waals surface area contributed by atoms with Gasteiger partial charge in [0.25, 0.3) is 0 Å². The summed E-state index contributed by atoms with van der Waals surface area (Å²) >= 11 is 0. The smallest absolute Gasteiger partial charge is 0.303 e. The minimum Gasteiger partial charge on any atom is -0.303 e. The fraction of sp³-hybridized carbons (Fsp3) is 1.00. The van der Waals surface area contributed by atoms with Crippen LogP contribution in [0, 0.1) is 0 Å². The molecule has 0 heterocycles. The number of hydrogen-bond donors (Lipinski definition) is 1. The SMILES string of the molecule is CCCN(CCC)CCC.O=S(=O)(O)C(F)(F)C(F)(F)C(F)(F)C(F)(F)F. The fourth-order valence-electron chi connectivity index (χ4n) is 1.81. The Kier molecular flexibility index (Phi) is 10.7. The van der Waals surface area contributed by atoms with E-state index in [-0.39, 0.29) is 0 Å². The summed E-state index contributed by atoms with van der Waals surface area (Å²) in [4.78, 5) is 2.54. The molecule has 0 aromatic heterocycles. The Morgan fingerprint density at radius 2 is 1.00 bits per heavy atom. The predicted molar refractivity (Wildman–Crippen MR) is 79.8 cm³/mol. The van der Waals surface area contributed by atoms with E-state index in [0.29, 0.717) is 0 Å². The van der Waals surface area contributed by atoms with E-state index in [9.17, 15) is 47.9 Å². The lowest BCUT2D eigenvalue weighted by Crippen LogP contribution is -2.63. The van der Waals surface area contributed by atoms with Crippen molar-refractivity contribution in [1.29, 1.82) is 0 Å². The lowest BCUT2D eigenvalue weighted by atomic mass is 10.1. The van der Waals surface area contributed by atoms with Crippen LogP contribution in [0.4, 0.5) is 39.5 Å². The molecule has 0 aromatic carbocycles. The van der Waals surface area contributed by atoms with Crippen LogP contribution >= 0.6 is 0 Å². The molecule has 0 spiro atoms. The van der Waals surface area contributed by atoms with Crippen LogP contribution in [0.25, 0.3) is 0 Å². The van der Waals surface area contributed by atoms with Crippen molar-refractivity contribution in [2.24, 2.45) is 0 Å². The summed E-state index contributed by atoms with van der Waals surface area (Å²) in [5, 5.41) is -7.00. The van der Waals surface area contributed by atoms with Crippen LogP contribution in [-0.2, 0) is 10.1 Å². The van der Waals surface area contributed by atoms with Crippen molar-refractivity contribution in [2.45, 2.75) is 63.3 Å². The van der Waals surface area contributed by atoms with Crippen LogP contribution in [0.15, 0.2) is 0 Å². The van der Waals surface area contributed by atoms with Gasteiger partial charge in [-0.3, -0.25) is 4.55 Å². The highest BCUT2D eigenvalue weighted by Gasteiger charge is 2.85. The van der Waals surface area contributed by atoms with Crippen molar-refractivity contribution in [3.63, 3.8) is 0 Å². The van der Waals surface area contributed by atoms with Crippen molar-refractivity contribution in [2.75, 3.05) is 19.6 Å². The van der Waals surface area contributed by atoms with Gasteiger partial charge < -0.3 is 4.90 Å². The van der Waals surface area contributed by atoms with Crippen molar-refractivity contribution in [1.82, 2.24) is 4.90 Å². The fourth-order valence-corrected chi connectivity index (χ4v) is 2.26. The van der Waals surface area contributed by atoms with Crippen LogP contribution in [0.3, 0.4) is 0 Å². The van der Waals surface area contributed by atoms with Crippen LogP contribution in [0.2, 0.25) is 0 Å². The van der Waals surface area contributed by atoms with Gasteiger partial charge in [-0.25, -0.2) is 0 Å². The van der Waals surface area contributed by atoms with Crippen LogP contribution in [0.5, 0.6) is 0 Å². The van der Waals surface area contributed by atoms with Gasteiger partial charge in [0.15, 0.2) is 0 Å². The average Bonchev–Trinajstić information content (AvgIpc) is 2.46. The minimum atomic E-state index is -7.37. The number of rotatable bonds is 9. The second kappa shape index (κ2) is 10.1. The largest absolute Gasteiger partial charge is 0.460 e. The highest BCUT2D eigenvalue weighted by Crippen LogP contribution is 2.54. The summed E-state index contributed by atoms with van der Waals surface area (Å²) in [7, 11) is -7.17. The summed E-state index contributed by atoms with van der Waals surface area (Å²) in [5.74, 6) is -14.7. The molecule has 0 fully saturated rings. The molecular weight excluding hydrogens is 421 g/mol. The molecule has 0 aliphatic carbocycles. The second-order valence-corrected chi connectivity index (χ2v) is 6.94. The molecule has 27 heavy (non-hydrogen) atoms. The molecular formula is C13H22F9NO3S. The highest BCUT2D eigenvalue weighted by molar-refractivity contribution is 7.87. The Balaban J connectivity index is 0. The lowest BCUT2D eigenvalue weighted by molar-refractivity contribution is -0.382. The maximum Gasteiger partial charge on any atom is 0.460 e. The van der Waals surface area contributed by atoms with E-state index in [1.54, 1.807) is 0 Å². The van der Waals surface area contributed by atoms with Gasteiger partial charge in [0.2, 0.25) is 0 Å². The third kappa shape index (κ3) is 6.97. The summed E-state index contributed by atoms with van der Waals surface area (Å²) in [6.45, 7) is 10.6. The molecule has 1 N–H and O–H groups in total. The molecule has 0 amide bonds. The van der Waals surface area contributed by atoms with Gasteiger partial charge in [-0.05, 0) is 38.9 Å². The first kappa shape index (κ1) is 28.4. The van der Waals surface area contributed by atoms with Gasteiger partial charge in [-0.1, -0.05) is 20.8 Å². The Morgan fingerprint density at radius 3 is 1.19 bits per heavy atom. The quantitative estimate of drug-likeness (QED) is 0.410. The van der Waals surface area contributed by atoms with Gasteiger partial charge in [-0.2, -0.15) is 47.9 Å². The van der Waals surface area contributed by atoms with Crippen LogP contribution in [-0.4, -0.2) is 60.8 Å². The standard InChI is InChI=1S/C9H21N.C4HF9O3S/c1-4-7-10(8-5-2)9-6-3;5-1(6,3(9,10)11)2(7,8)4(12,13)17(14,15)16/h4-9H2,1-3H3;(H,14,15,16). The van der Waals surface area contributed by atoms with Crippen molar-refractivity contribution >= 4 is 10.1 Å². The zero-order valence-electron chi connectivity index (χ0n) is 14.8. The second-order valence-electron chi connectivity index (χ2n) is 5.48. The Morgan fingerprint density at radius 1 is 0.704 bits per heavy atom. The Bertz CT molecular complexity index is 521. The monoisotopic (exact) mass is 443 g/mol. The van der Waals surface area contributed by atoms with Gasteiger partial charge in [-0.15, -0.1) is 0 Å². The average molecular weight is 443 g/mol. The van der Waals surface area contributed by atoms with E-state index >= 15 is 0 Å². The molecule has 0 unspecified atom stereocenters. The molecule has 0 aliphatic rings. The topological polar surface area (TPSA) is 57.6 Å². The molecule has 0 saturated carbocycles. The zero-order chi connectivity index (χ0) is 22.3. The van der Waals surface area contributed by atoms with Crippen molar-refractivity contribution in [3.05, 3.63) is 0 Å². The Hall–Kier alpha value is -0.760. The molecule has 0 saturated heterocycles. The Labute approximate surface area is 151 Å². The first-order valence-corrected chi connectivity index (χ1v) is 9.18. The van der Waals surface area contributed by atoms with Gasteiger partial charge in [0.05, 0.1) is 0 Å². The third-order valence-electron chi connectivity index (χ3n) is 3.06. The maximum absolute atomic E-state index is 12.2. The molecule has 166 valence electrons. The van der Waals surface area contributed by atoms with E-state index in [1.807, 2.05) is 0 Å². The number of hydrogen-bond acceptors (Lipinski definition) is 3. The van der Waals surface area contributed by atoms with Crippen molar-refractivity contribution < 1.29 is 52.5 Å². The van der Waals surface area contributed by atoms with E-state index in [2.05, 4.69) is 25.7 Å². The highest BCUT2D eigenvalue weighted by atomic mass is 32.2. The first-order valence-electron chi connectivity index (χ1n) is 7.74.